The normalized spacial score (nSPS) is 14.8. The molecule has 5 atom stereocenters. The van der Waals surface area contributed by atoms with Gasteiger partial charge in [0.05, 0.1) is 11.6 Å². The van der Waals surface area contributed by atoms with Gasteiger partial charge in [0.25, 0.3) is 5.91 Å². The van der Waals surface area contributed by atoms with Gasteiger partial charge in [-0.05, 0) is 37.0 Å². The number of amides is 5. The first-order valence-corrected chi connectivity index (χ1v) is 13.8. The first-order chi connectivity index (χ1) is 20.6. The molecule has 2 aromatic rings. The summed E-state index contributed by atoms with van der Waals surface area (Å²) in [6, 6.07) is 6.00. The smallest absolute Gasteiger partial charge is 0.382 e. The zero-order chi connectivity index (χ0) is 33.0. The molecule has 0 fully saturated rings. The maximum absolute atomic E-state index is 13.3. The Bertz CT molecular complexity index is 1280. The van der Waals surface area contributed by atoms with Gasteiger partial charge in [-0.1, -0.05) is 44.2 Å². The molecule has 1 aromatic carbocycles. The maximum Gasteiger partial charge on any atom is 0.416 e. The van der Waals surface area contributed by atoms with Gasteiger partial charge in [-0.3, -0.25) is 29.0 Å². The highest BCUT2D eigenvalue weighted by Crippen LogP contribution is 2.24. The molecule has 0 aliphatic heterocycles. The maximum atomic E-state index is 13.3. The molecule has 0 aliphatic rings. The van der Waals surface area contributed by atoms with Gasteiger partial charge in [-0.25, -0.2) is 0 Å². The number of nitrogens with one attached hydrogen (secondary N) is 4. The number of hydrogen-bond acceptors (Lipinski definition) is 7. The predicted octanol–water partition coefficient (Wildman–Crippen LogP) is 0.742. The second-order valence-electron chi connectivity index (χ2n) is 10.5. The monoisotopic (exact) mass is 622 g/mol. The highest BCUT2D eigenvalue weighted by molar-refractivity contribution is 5.98. The summed E-state index contributed by atoms with van der Waals surface area (Å²) in [5.41, 5.74) is 5.87. The van der Waals surface area contributed by atoms with Gasteiger partial charge >= 0.3 is 6.18 Å². The molecule has 1 heterocycles. The molecular formula is C29H37F3N6O6. The SMILES string of the molecule is CC(NC(=O)C(Cc1ccccc1)NC(=O)C(NC(=O)c1cccnc1)C(C)C)C(=O)NC(CCC(N)=O)C(O)C(F)(F)F. The van der Waals surface area contributed by atoms with Crippen molar-refractivity contribution < 1.29 is 42.3 Å². The van der Waals surface area contributed by atoms with E-state index in [0.29, 0.717) is 5.56 Å². The lowest BCUT2D eigenvalue weighted by atomic mass is 10.0. The minimum Gasteiger partial charge on any atom is -0.382 e. The summed E-state index contributed by atoms with van der Waals surface area (Å²) in [6.45, 7) is 4.58. The van der Waals surface area contributed by atoms with Crippen LogP contribution in [0.25, 0.3) is 0 Å². The molecule has 12 nitrogen and oxygen atoms in total. The van der Waals surface area contributed by atoms with Gasteiger partial charge in [0.15, 0.2) is 6.10 Å². The van der Waals surface area contributed by atoms with Crippen molar-refractivity contribution in [1.82, 2.24) is 26.3 Å². The third kappa shape index (κ3) is 11.3. The molecule has 0 spiro atoms. The Hall–Kier alpha value is -4.53. The van der Waals surface area contributed by atoms with E-state index in [1.807, 2.05) is 5.32 Å². The van der Waals surface area contributed by atoms with E-state index in [-0.39, 0.29) is 12.0 Å². The third-order valence-electron chi connectivity index (χ3n) is 6.57. The van der Waals surface area contributed by atoms with Crippen LogP contribution in [0.5, 0.6) is 0 Å². The number of aliphatic hydroxyl groups excluding tert-OH is 1. The van der Waals surface area contributed by atoms with Crippen LogP contribution in [0.4, 0.5) is 13.2 Å². The molecular weight excluding hydrogens is 585 g/mol. The first-order valence-electron chi connectivity index (χ1n) is 13.8. The molecule has 2 rings (SSSR count). The first kappa shape index (κ1) is 35.7. The number of carbonyl (C=O) groups excluding carboxylic acids is 5. The summed E-state index contributed by atoms with van der Waals surface area (Å²) in [4.78, 5) is 67.1. The van der Waals surface area contributed by atoms with Crippen LogP contribution in [0, 0.1) is 5.92 Å². The van der Waals surface area contributed by atoms with Crippen molar-refractivity contribution in [3.63, 3.8) is 0 Å². The van der Waals surface area contributed by atoms with Crippen molar-refractivity contribution in [2.24, 2.45) is 11.7 Å². The number of benzene rings is 1. The predicted molar refractivity (Wildman–Crippen MR) is 152 cm³/mol. The van der Waals surface area contributed by atoms with E-state index in [1.54, 1.807) is 50.2 Å². The average molecular weight is 623 g/mol. The molecule has 0 saturated heterocycles. The van der Waals surface area contributed by atoms with Crippen LogP contribution in [0.1, 0.15) is 49.5 Å². The van der Waals surface area contributed by atoms with Crippen LogP contribution < -0.4 is 27.0 Å². The van der Waals surface area contributed by atoms with Crippen molar-refractivity contribution in [2.45, 2.75) is 76.5 Å². The summed E-state index contributed by atoms with van der Waals surface area (Å²) in [6.07, 6.45) is -6.45. The van der Waals surface area contributed by atoms with Gasteiger partial charge in [-0.2, -0.15) is 13.2 Å². The molecule has 5 unspecified atom stereocenters. The highest BCUT2D eigenvalue weighted by Gasteiger charge is 2.44. The number of primary amides is 1. The number of pyridine rings is 1. The molecule has 0 aliphatic carbocycles. The fourth-order valence-electron chi connectivity index (χ4n) is 4.10. The number of rotatable bonds is 15. The topological polar surface area (TPSA) is 193 Å². The fraction of sp³-hybridized carbons (Fsp3) is 0.448. The van der Waals surface area contributed by atoms with Crippen molar-refractivity contribution in [1.29, 1.82) is 0 Å². The zero-order valence-corrected chi connectivity index (χ0v) is 24.4. The van der Waals surface area contributed by atoms with E-state index in [4.69, 9.17) is 5.73 Å². The zero-order valence-electron chi connectivity index (χ0n) is 24.4. The quantitative estimate of drug-likeness (QED) is 0.169. The summed E-state index contributed by atoms with van der Waals surface area (Å²) < 4.78 is 39.5. The van der Waals surface area contributed by atoms with Crippen molar-refractivity contribution >= 4 is 29.5 Å². The van der Waals surface area contributed by atoms with E-state index in [9.17, 15) is 42.3 Å². The summed E-state index contributed by atoms with van der Waals surface area (Å²) in [5.74, 6) is -4.51. The molecule has 1 aromatic heterocycles. The van der Waals surface area contributed by atoms with E-state index in [2.05, 4.69) is 20.9 Å². The van der Waals surface area contributed by atoms with Crippen LogP contribution in [-0.4, -0.2) is 76.1 Å². The van der Waals surface area contributed by atoms with Crippen molar-refractivity contribution in [2.75, 3.05) is 0 Å². The fourth-order valence-corrected chi connectivity index (χ4v) is 4.10. The third-order valence-corrected chi connectivity index (χ3v) is 6.57. The summed E-state index contributed by atoms with van der Waals surface area (Å²) in [5, 5.41) is 19.3. The molecule has 5 amide bonds. The van der Waals surface area contributed by atoms with E-state index < -0.39 is 84.7 Å². The van der Waals surface area contributed by atoms with E-state index in [0.717, 1.165) is 0 Å². The van der Waals surface area contributed by atoms with Gasteiger partial charge in [0, 0.05) is 25.2 Å². The molecule has 15 heteroatoms. The highest BCUT2D eigenvalue weighted by atomic mass is 19.4. The molecule has 240 valence electrons. The lowest BCUT2D eigenvalue weighted by molar-refractivity contribution is -0.212. The number of carbonyl (C=O) groups is 5. The molecule has 0 bridgehead atoms. The van der Waals surface area contributed by atoms with E-state index in [1.165, 1.54) is 25.4 Å². The van der Waals surface area contributed by atoms with Gasteiger partial charge in [0.1, 0.15) is 18.1 Å². The van der Waals surface area contributed by atoms with Gasteiger partial charge in [0.2, 0.25) is 23.6 Å². The van der Waals surface area contributed by atoms with Gasteiger partial charge < -0.3 is 32.1 Å². The molecule has 7 N–H and O–H groups in total. The Morgan fingerprint density at radius 1 is 0.886 bits per heavy atom. The number of aromatic nitrogens is 1. The Balaban J connectivity index is 2.20. The second kappa shape index (κ2) is 16.4. The van der Waals surface area contributed by atoms with E-state index >= 15 is 0 Å². The molecule has 44 heavy (non-hydrogen) atoms. The minimum atomic E-state index is -5.10. The van der Waals surface area contributed by atoms with Crippen molar-refractivity contribution in [3.8, 4) is 0 Å². The second-order valence-corrected chi connectivity index (χ2v) is 10.5. The Morgan fingerprint density at radius 3 is 2.09 bits per heavy atom. The number of nitrogens with two attached hydrogens (primary N) is 1. The number of halogens is 3. The summed E-state index contributed by atoms with van der Waals surface area (Å²) in [7, 11) is 0. The Kier molecular flexibility index (Phi) is 13.3. The lowest BCUT2D eigenvalue weighted by Gasteiger charge is -2.28. The van der Waals surface area contributed by atoms with Crippen LogP contribution in [-0.2, 0) is 25.6 Å². The van der Waals surface area contributed by atoms with Crippen LogP contribution in [0.3, 0.4) is 0 Å². The Morgan fingerprint density at radius 2 is 1.55 bits per heavy atom. The molecule has 0 saturated carbocycles. The Labute approximate surface area is 252 Å². The van der Waals surface area contributed by atoms with Crippen LogP contribution >= 0.6 is 0 Å². The standard InChI is InChI=1S/C29H37F3N6O6/c1-16(2)23(38-26(42)19-10-7-13-34-15-19)28(44)37-21(14-18-8-5-4-6-9-18)27(43)35-17(3)25(41)36-20(11-12-22(33)39)24(40)29(30,31)32/h4-10,13,15-17,20-21,23-24,40H,11-12,14H2,1-3H3,(H2,33,39)(H,35,43)(H,36,41)(H,37,44)(H,38,42). The number of aliphatic hydroxyl groups is 1. The van der Waals surface area contributed by atoms with Gasteiger partial charge in [-0.15, -0.1) is 0 Å². The van der Waals surface area contributed by atoms with Crippen molar-refractivity contribution in [3.05, 3.63) is 66.0 Å². The summed E-state index contributed by atoms with van der Waals surface area (Å²) >= 11 is 0. The largest absolute Gasteiger partial charge is 0.416 e. The number of hydrogen-bond donors (Lipinski definition) is 6. The average Bonchev–Trinajstić information content (AvgIpc) is 2.97. The number of nitrogens with zero attached hydrogens (tertiary/aromatic N) is 1. The van der Waals surface area contributed by atoms with Crippen LogP contribution in [0.2, 0.25) is 0 Å². The lowest BCUT2D eigenvalue weighted by Crippen LogP contribution is -2.59. The van der Waals surface area contributed by atoms with Crippen LogP contribution in [0.15, 0.2) is 54.9 Å². The minimum absolute atomic E-state index is 0.0257. The number of alkyl halides is 3. The molecule has 0 radical (unpaired) electrons.